The molecule has 1 aliphatic heterocycles. The van der Waals surface area contributed by atoms with Crippen LogP contribution < -0.4 is 0 Å². The highest BCUT2D eigenvalue weighted by Gasteiger charge is 2.21. The Bertz CT molecular complexity index is 1490. The van der Waals surface area contributed by atoms with E-state index in [9.17, 15) is 19.2 Å². The summed E-state index contributed by atoms with van der Waals surface area (Å²) in [6.07, 6.45) is 6.29. The van der Waals surface area contributed by atoms with Gasteiger partial charge in [-0.2, -0.15) is 0 Å². The van der Waals surface area contributed by atoms with Gasteiger partial charge < -0.3 is 18.9 Å². The van der Waals surface area contributed by atoms with Gasteiger partial charge in [0.05, 0.1) is 22.3 Å². The number of carbonyl (C=O) groups is 4. The maximum absolute atomic E-state index is 13.0. The Hall–Kier alpha value is -5.76. The fourth-order valence-corrected chi connectivity index (χ4v) is 4.66. The SMILES string of the molecule is O=C1OC/C=C/COC(=O)c2ccccc2-c2ccccc2C(=O)OC/C=C/COC(=O)c2ccccc2-c2ccccc21. The minimum Gasteiger partial charge on any atom is -0.458 e. The van der Waals surface area contributed by atoms with Crippen LogP contribution in [-0.2, 0) is 18.9 Å². The molecule has 0 saturated heterocycles. The summed E-state index contributed by atoms with van der Waals surface area (Å²) in [4.78, 5) is 52.1. The fourth-order valence-electron chi connectivity index (χ4n) is 4.66. The van der Waals surface area contributed by atoms with Crippen LogP contribution in [0.3, 0.4) is 0 Å². The van der Waals surface area contributed by atoms with Crippen LogP contribution in [0.2, 0.25) is 0 Å². The van der Waals surface area contributed by atoms with Crippen molar-refractivity contribution in [3.63, 3.8) is 0 Å². The number of fused-ring (bicyclic) bond motifs is 6. The third kappa shape index (κ3) is 6.99. The van der Waals surface area contributed by atoms with Crippen molar-refractivity contribution < 1.29 is 38.1 Å². The lowest BCUT2D eigenvalue weighted by Crippen LogP contribution is -2.11. The predicted molar refractivity (Wildman–Crippen MR) is 163 cm³/mol. The summed E-state index contributed by atoms with van der Waals surface area (Å²) in [5.41, 5.74) is 3.16. The molecule has 0 aromatic heterocycles. The van der Waals surface area contributed by atoms with Crippen LogP contribution >= 0.6 is 0 Å². The molecule has 0 spiro atoms. The van der Waals surface area contributed by atoms with E-state index >= 15 is 0 Å². The molecule has 4 aromatic rings. The Kier molecular flexibility index (Phi) is 9.74. The van der Waals surface area contributed by atoms with Crippen LogP contribution in [0.1, 0.15) is 41.4 Å². The predicted octanol–water partition coefficient (Wildman–Crippen LogP) is 6.47. The van der Waals surface area contributed by atoms with Gasteiger partial charge in [-0.3, -0.25) is 0 Å². The van der Waals surface area contributed by atoms with Crippen molar-refractivity contribution in [2.75, 3.05) is 26.4 Å². The highest BCUT2D eigenvalue weighted by molar-refractivity contribution is 6.04. The van der Waals surface area contributed by atoms with Crippen molar-refractivity contribution in [3.8, 4) is 22.3 Å². The summed E-state index contributed by atoms with van der Waals surface area (Å²) in [5, 5.41) is 0. The Balaban J connectivity index is 1.43. The molecule has 5 rings (SSSR count). The molecule has 1 heterocycles. The van der Waals surface area contributed by atoms with Gasteiger partial charge in [-0.25, -0.2) is 19.2 Å². The summed E-state index contributed by atoms with van der Waals surface area (Å²) in [6, 6.07) is 27.3. The molecule has 0 bridgehead atoms. The third-order valence-electron chi connectivity index (χ3n) is 6.74. The Morgan fingerprint density at radius 3 is 0.682 bits per heavy atom. The first-order chi connectivity index (χ1) is 21.5. The molecule has 0 amide bonds. The highest BCUT2D eigenvalue weighted by Crippen LogP contribution is 2.30. The van der Waals surface area contributed by atoms with Gasteiger partial charge in [-0.15, -0.1) is 0 Å². The van der Waals surface area contributed by atoms with E-state index in [-0.39, 0.29) is 48.7 Å². The van der Waals surface area contributed by atoms with Crippen LogP contribution in [0.15, 0.2) is 121 Å². The van der Waals surface area contributed by atoms with Gasteiger partial charge in [-0.1, -0.05) is 72.8 Å². The number of hydrogen-bond acceptors (Lipinski definition) is 8. The van der Waals surface area contributed by atoms with Crippen LogP contribution in [0.25, 0.3) is 22.3 Å². The van der Waals surface area contributed by atoms with Crippen LogP contribution in [0.5, 0.6) is 0 Å². The number of carbonyl (C=O) groups excluding carboxylic acids is 4. The molecular weight excluding hydrogens is 560 g/mol. The van der Waals surface area contributed by atoms with Crippen LogP contribution in [-0.4, -0.2) is 50.3 Å². The zero-order valence-electron chi connectivity index (χ0n) is 23.6. The van der Waals surface area contributed by atoms with E-state index in [1.807, 2.05) is 0 Å². The zero-order valence-corrected chi connectivity index (χ0v) is 23.6. The van der Waals surface area contributed by atoms with Gasteiger partial charge in [0, 0.05) is 0 Å². The molecule has 220 valence electrons. The highest BCUT2D eigenvalue weighted by atomic mass is 16.5. The molecule has 8 nitrogen and oxygen atoms in total. The molecule has 0 radical (unpaired) electrons. The standard InChI is InChI=1S/C36H28O8/c37-33-29-17-5-1-13-25(29)26-14-2-6-18-30(26)34(38)42-22-11-12-24-44-36(40)32-20-8-4-16-28(32)27-15-3-7-19-31(27)35(39)43-23-10-9-21-41-33/h1-20H,21-24H2/b10-9+,12-11+. The van der Waals surface area contributed by atoms with Crippen molar-refractivity contribution in [1.29, 1.82) is 0 Å². The summed E-state index contributed by atoms with van der Waals surface area (Å²) >= 11 is 0. The van der Waals surface area contributed by atoms with E-state index in [0.717, 1.165) is 0 Å². The number of cyclic esters (lactones) is 4. The van der Waals surface area contributed by atoms with Crippen molar-refractivity contribution in [1.82, 2.24) is 0 Å². The normalized spacial score (nSPS) is 16.2. The number of hydrogen-bond donors (Lipinski definition) is 0. The van der Waals surface area contributed by atoms with Gasteiger partial charge in [-0.05, 0) is 70.8 Å². The number of esters is 4. The molecule has 1 aliphatic rings. The molecule has 44 heavy (non-hydrogen) atoms. The smallest absolute Gasteiger partial charge is 0.339 e. The van der Waals surface area contributed by atoms with E-state index in [2.05, 4.69) is 0 Å². The maximum atomic E-state index is 13.0. The van der Waals surface area contributed by atoms with Crippen molar-refractivity contribution in [2.45, 2.75) is 0 Å². The molecule has 0 N–H and O–H groups in total. The van der Waals surface area contributed by atoms with E-state index in [1.54, 1.807) is 121 Å². The van der Waals surface area contributed by atoms with Crippen LogP contribution in [0, 0.1) is 0 Å². The first-order valence-corrected chi connectivity index (χ1v) is 13.9. The lowest BCUT2D eigenvalue weighted by molar-refractivity contribution is 0.0525. The van der Waals surface area contributed by atoms with Crippen molar-refractivity contribution in [2.24, 2.45) is 0 Å². The molecule has 0 unspecified atom stereocenters. The minimum atomic E-state index is -0.579. The second-order valence-electron chi connectivity index (χ2n) is 9.52. The molecule has 0 fully saturated rings. The summed E-state index contributed by atoms with van der Waals surface area (Å²) in [7, 11) is 0. The quantitative estimate of drug-likeness (QED) is 0.131. The summed E-state index contributed by atoms with van der Waals surface area (Å²) in [6.45, 7) is -0.251. The fraction of sp³-hybridized carbons (Fsp3) is 0.111. The van der Waals surface area contributed by atoms with E-state index in [4.69, 9.17) is 18.9 Å². The molecule has 0 atom stereocenters. The summed E-state index contributed by atoms with van der Waals surface area (Å²) < 4.78 is 21.8. The van der Waals surface area contributed by atoms with Gasteiger partial charge in [0.2, 0.25) is 0 Å². The van der Waals surface area contributed by atoms with E-state index in [0.29, 0.717) is 22.3 Å². The zero-order chi connectivity index (χ0) is 30.7. The third-order valence-corrected chi connectivity index (χ3v) is 6.74. The monoisotopic (exact) mass is 588 g/mol. The van der Waals surface area contributed by atoms with Gasteiger partial charge >= 0.3 is 23.9 Å². The van der Waals surface area contributed by atoms with Gasteiger partial charge in [0.25, 0.3) is 0 Å². The average Bonchev–Trinajstić information content (AvgIpc) is 3.07. The number of ether oxygens (including phenoxy) is 4. The first-order valence-electron chi connectivity index (χ1n) is 13.9. The number of rotatable bonds is 0. The summed E-state index contributed by atoms with van der Waals surface area (Å²) in [5.74, 6) is -2.32. The molecule has 0 saturated carbocycles. The molecular formula is C36H28O8. The average molecular weight is 589 g/mol. The second kappa shape index (κ2) is 14.4. The van der Waals surface area contributed by atoms with E-state index in [1.165, 1.54) is 0 Å². The molecule has 0 aliphatic carbocycles. The topological polar surface area (TPSA) is 105 Å². The first kappa shape index (κ1) is 29.7. The van der Waals surface area contributed by atoms with Crippen LogP contribution in [0.4, 0.5) is 0 Å². The lowest BCUT2D eigenvalue weighted by atomic mass is 9.95. The lowest BCUT2D eigenvalue weighted by Gasteiger charge is -2.13. The minimum absolute atomic E-state index is 0.0627. The maximum Gasteiger partial charge on any atom is 0.339 e. The van der Waals surface area contributed by atoms with Crippen molar-refractivity contribution in [3.05, 3.63) is 144 Å². The van der Waals surface area contributed by atoms with Crippen molar-refractivity contribution >= 4 is 23.9 Å². The Morgan fingerprint density at radius 1 is 0.295 bits per heavy atom. The Labute approximate surface area is 254 Å². The van der Waals surface area contributed by atoms with E-state index < -0.39 is 23.9 Å². The van der Waals surface area contributed by atoms with Gasteiger partial charge in [0.15, 0.2) is 0 Å². The molecule has 4 aromatic carbocycles. The largest absolute Gasteiger partial charge is 0.458 e. The Morgan fingerprint density at radius 2 is 0.477 bits per heavy atom. The number of benzene rings is 4. The van der Waals surface area contributed by atoms with Gasteiger partial charge in [0.1, 0.15) is 26.4 Å². The second-order valence-corrected chi connectivity index (χ2v) is 9.52. The molecule has 8 heteroatoms.